The molecule has 4 heterocycles. The van der Waals surface area contributed by atoms with E-state index in [1.54, 1.807) is 4.90 Å². The van der Waals surface area contributed by atoms with Gasteiger partial charge in [0.1, 0.15) is 0 Å². The number of fused-ring (bicyclic) bond motifs is 3. The molecule has 3 aliphatic heterocycles. The number of likely N-dealkylation sites (tertiary alicyclic amines) is 1. The third-order valence-electron chi connectivity index (χ3n) is 5.54. The summed E-state index contributed by atoms with van der Waals surface area (Å²) < 4.78 is 5.84. The van der Waals surface area contributed by atoms with Crippen molar-refractivity contribution in [2.24, 2.45) is 5.92 Å². The Bertz CT molecular complexity index is 677. The zero-order valence-electron chi connectivity index (χ0n) is 15.4. The van der Waals surface area contributed by atoms with Crippen LogP contribution in [0.4, 0.5) is 0 Å². The second-order valence-corrected chi connectivity index (χ2v) is 9.10. The smallest absolute Gasteiger partial charge is 0.242 e. The summed E-state index contributed by atoms with van der Waals surface area (Å²) in [5, 5.41) is 0. The highest BCUT2D eigenvalue weighted by Gasteiger charge is 2.37. The van der Waals surface area contributed by atoms with Crippen molar-refractivity contribution in [1.29, 1.82) is 0 Å². The van der Waals surface area contributed by atoms with Crippen LogP contribution in [0, 0.1) is 12.8 Å². The van der Waals surface area contributed by atoms with E-state index in [4.69, 9.17) is 4.74 Å². The molecule has 7 heteroatoms. The van der Waals surface area contributed by atoms with Gasteiger partial charge in [-0.3, -0.25) is 14.5 Å². The lowest BCUT2D eigenvalue weighted by molar-refractivity contribution is -0.140. The number of ether oxygens (including phenoxy) is 1. The van der Waals surface area contributed by atoms with Crippen LogP contribution in [0.3, 0.4) is 0 Å². The predicted molar refractivity (Wildman–Crippen MR) is 100.0 cm³/mol. The van der Waals surface area contributed by atoms with E-state index in [9.17, 15) is 9.59 Å². The van der Waals surface area contributed by atoms with Crippen molar-refractivity contribution in [3.8, 4) is 0 Å². The molecule has 3 aliphatic rings. The first-order valence-corrected chi connectivity index (χ1v) is 10.3. The number of thiophene rings is 1. The number of carbonyl (C=O) groups is 2. The van der Waals surface area contributed by atoms with Crippen molar-refractivity contribution >= 4 is 23.2 Å². The first-order valence-electron chi connectivity index (χ1n) is 9.51. The molecule has 6 nitrogen and oxygen atoms in total. The van der Waals surface area contributed by atoms with Gasteiger partial charge in [-0.25, -0.2) is 0 Å². The van der Waals surface area contributed by atoms with Crippen LogP contribution in [0.2, 0.25) is 0 Å². The highest BCUT2D eigenvalue weighted by atomic mass is 32.1. The molecule has 0 spiro atoms. The summed E-state index contributed by atoms with van der Waals surface area (Å²) in [6.07, 6.45) is 1.45. The largest absolute Gasteiger partial charge is 0.379 e. The highest BCUT2D eigenvalue weighted by Crippen LogP contribution is 2.24. The summed E-state index contributed by atoms with van der Waals surface area (Å²) in [6, 6.07) is 4.46. The fraction of sp³-hybridized carbons (Fsp3) is 0.684. The average molecular weight is 378 g/mol. The Morgan fingerprint density at radius 3 is 2.88 bits per heavy atom. The summed E-state index contributed by atoms with van der Waals surface area (Å²) in [7, 11) is 0. The second-order valence-electron chi connectivity index (χ2n) is 7.73. The van der Waals surface area contributed by atoms with Gasteiger partial charge in [-0.15, -0.1) is 11.3 Å². The maximum absolute atomic E-state index is 12.9. The summed E-state index contributed by atoms with van der Waals surface area (Å²) in [4.78, 5) is 33.7. The number of carbonyl (C=O) groups excluding carboxylic acids is 2. The third kappa shape index (κ3) is 3.94. The van der Waals surface area contributed by atoms with E-state index in [-0.39, 0.29) is 24.4 Å². The maximum atomic E-state index is 12.9. The number of aryl methyl sites for hydroxylation is 1. The Kier molecular flexibility index (Phi) is 5.29. The minimum atomic E-state index is 0.0776. The molecule has 2 bridgehead atoms. The second kappa shape index (κ2) is 7.66. The van der Waals surface area contributed by atoms with E-state index in [0.717, 1.165) is 32.6 Å². The molecule has 3 saturated heterocycles. The van der Waals surface area contributed by atoms with Gasteiger partial charge in [0.2, 0.25) is 11.8 Å². The molecule has 2 atom stereocenters. The number of rotatable bonds is 4. The van der Waals surface area contributed by atoms with Gasteiger partial charge in [0.25, 0.3) is 0 Å². The van der Waals surface area contributed by atoms with Crippen LogP contribution in [-0.2, 0) is 20.9 Å². The number of amides is 2. The standard InChI is InChI=1S/C19H27N3O3S/c1-14-4-5-17(26-14)10-20-7-15-8-22(16(9-20)13-25-12-15)19(24)11-21-6-2-3-18(21)23/h4-5,15-16H,2-3,6-13H2,1H3/t15-,16-/m0/s1. The van der Waals surface area contributed by atoms with E-state index < -0.39 is 0 Å². The fourth-order valence-electron chi connectivity index (χ4n) is 4.29. The molecule has 1 aromatic heterocycles. The molecule has 0 N–H and O–H groups in total. The van der Waals surface area contributed by atoms with Crippen molar-refractivity contribution in [2.45, 2.75) is 32.4 Å². The molecule has 0 aromatic carbocycles. The van der Waals surface area contributed by atoms with Crippen molar-refractivity contribution in [3.63, 3.8) is 0 Å². The van der Waals surface area contributed by atoms with Gasteiger partial charge in [-0.2, -0.15) is 0 Å². The minimum Gasteiger partial charge on any atom is -0.379 e. The van der Waals surface area contributed by atoms with Gasteiger partial charge in [-0.1, -0.05) is 0 Å². The zero-order valence-corrected chi connectivity index (χ0v) is 16.2. The molecular weight excluding hydrogens is 350 g/mol. The third-order valence-corrected chi connectivity index (χ3v) is 6.52. The molecule has 0 unspecified atom stereocenters. The summed E-state index contributed by atoms with van der Waals surface area (Å²) >= 11 is 1.85. The first kappa shape index (κ1) is 17.9. The van der Waals surface area contributed by atoms with Gasteiger partial charge >= 0.3 is 0 Å². The Labute approximate surface area is 158 Å². The fourth-order valence-corrected chi connectivity index (χ4v) is 5.22. The molecule has 0 aliphatic carbocycles. The first-order chi connectivity index (χ1) is 12.6. The predicted octanol–water partition coefficient (Wildman–Crippen LogP) is 1.34. The van der Waals surface area contributed by atoms with Crippen molar-refractivity contribution < 1.29 is 14.3 Å². The SMILES string of the molecule is Cc1ccc(CN2C[C@@H]3COC[C@H](C2)N(C(=O)CN2CCCC2=O)C3)s1. The van der Waals surface area contributed by atoms with Crippen LogP contribution in [-0.4, -0.2) is 78.5 Å². The molecule has 0 saturated carbocycles. The lowest BCUT2D eigenvalue weighted by atomic mass is 10.1. The molecule has 142 valence electrons. The van der Waals surface area contributed by atoms with E-state index >= 15 is 0 Å². The van der Waals surface area contributed by atoms with Gasteiger partial charge in [-0.05, 0) is 25.5 Å². The molecular formula is C19H27N3O3S. The normalized spacial score (nSPS) is 27.0. The quantitative estimate of drug-likeness (QED) is 0.795. The topological polar surface area (TPSA) is 53.1 Å². The molecule has 26 heavy (non-hydrogen) atoms. The van der Waals surface area contributed by atoms with Crippen LogP contribution in [0.1, 0.15) is 22.6 Å². The Morgan fingerprint density at radius 1 is 1.27 bits per heavy atom. The van der Waals surface area contributed by atoms with Gasteiger partial charge in [0.15, 0.2) is 0 Å². The number of hydrogen-bond donors (Lipinski definition) is 0. The summed E-state index contributed by atoms with van der Waals surface area (Å²) in [5.74, 6) is 0.526. The summed E-state index contributed by atoms with van der Waals surface area (Å²) in [6.45, 7) is 7.87. The Morgan fingerprint density at radius 2 is 2.15 bits per heavy atom. The van der Waals surface area contributed by atoms with E-state index in [0.29, 0.717) is 32.1 Å². The minimum absolute atomic E-state index is 0.0776. The van der Waals surface area contributed by atoms with E-state index in [1.807, 2.05) is 16.2 Å². The lowest BCUT2D eigenvalue weighted by Gasteiger charge is -2.32. The molecule has 1 aromatic rings. The number of hydrogen-bond acceptors (Lipinski definition) is 5. The van der Waals surface area contributed by atoms with Crippen LogP contribution >= 0.6 is 11.3 Å². The van der Waals surface area contributed by atoms with Crippen LogP contribution in [0.15, 0.2) is 12.1 Å². The highest BCUT2D eigenvalue weighted by molar-refractivity contribution is 7.11. The van der Waals surface area contributed by atoms with E-state index in [2.05, 4.69) is 24.0 Å². The van der Waals surface area contributed by atoms with Gasteiger partial charge < -0.3 is 14.5 Å². The van der Waals surface area contributed by atoms with Crippen molar-refractivity contribution in [1.82, 2.24) is 14.7 Å². The number of nitrogens with zero attached hydrogens (tertiary/aromatic N) is 3. The van der Waals surface area contributed by atoms with Crippen LogP contribution < -0.4 is 0 Å². The lowest BCUT2D eigenvalue weighted by Crippen LogP contribution is -2.49. The maximum Gasteiger partial charge on any atom is 0.242 e. The molecule has 4 rings (SSSR count). The van der Waals surface area contributed by atoms with Crippen LogP contribution in [0.5, 0.6) is 0 Å². The summed E-state index contributed by atoms with van der Waals surface area (Å²) in [5.41, 5.74) is 0. The van der Waals surface area contributed by atoms with Crippen molar-refractivity contribution in [2.75, 3.05) is 45.9 Å². The Balaban J connectivity index is 1.44. The monoisotopic (exact) mass is 377 g/mol. The van der Waals surface area contributed by atoms with E-state index in [1.165, 1.54) is 9.75 Å². The Hall–Kier alpha value is -1.44. The van der Waals surface area contributed by atoms with Gasteiger partial charge in [0.05, 0.1) is 25.8 Å². The van der Waals surface area contributed by atoms with Gasteiger partial charge in [0, 0.05) is 54.8 Å². The molecule has 0 radical (unpaired) electrons. The molecule has 3 fully saturated rings. The van der Waals surface area contributed by atoms with Crippen molar-refractivity contribution in [3.05, 3.63) is 21.9 Å². The molecule has 2 amide bonds. The zero-order chi connectivity index (χ0) is 18.1. The van der Waals surface area contributed by atoms with Crippen LogP contribution in [0.25, 0.3) is 0 Å². The average Bonchev–Trinajstić information content (AvgIpc) is 3.05.